The summed E-state index contributed by atoms with van der Waals surface area (Å²) in [4.78, 5) is 0. The zero-order chi connectivity index (χ0) is 7.11. The summed E-state index contributed by atoms with van der Waals surface area (Å²) >= 11 is 0. The third kappa shape index (κ3) is 3.64. The summed E-state index contributed by atoms with van der Waals surface area (Å²) in [5.41, 5.74) is 0. The highest BCUT2D eigenvalue weighted by Gasteiger charge is 1.99. The smallest absolute Gasteiger partial charge is 0.239 e. The van der Waals surface area contributed by atoms with Gasteiger partial charge in [0.25, 0.3) is 0 Å². The first-order valence-corrected chi connectivity index (χ1v) is 2.87. The van der Waals surface area contributed by atoms with Crippen LogP contribution in [-0.2, 0) is 9.47 Å². The summed E-state index contributed by atoms with van der Waals surface area (Å²) in [6.07, 6.45) is 3.29. The van der Waals surface area contributed by atoms with Crippen molar-refractivity contribution in [1.82, 2.24) is 0 Å². The van der Waals surface area contributed by atoms with Gasteiger partial charge in [-0.2, -0.15) is 0 Å². The van der Waals surface area contributed by atoms with Crippen LogP contribution in [0.5, 0.6) is 0 Å². The predicted molar refractivity (Wildman–Crippen MR) is 36.6 cm³/mol. The van der Waals surface area contributed by atoms with E-state index in [0.29, 0.717) is 0 Å². The average molecular weight is 128 g/mol. The minimum Gasteiger partial charge on any atom is -0.463 e. The molecule has 0 atom stereocenters. The molecule has 0 bridgehead atoms. The first-order chi connectivity index (χ1) is 4.35. The molecule has 0 heterocycles. The second-order valence-corrected chi connectivity index (χ2v) is 1.44. The van der Waals surface area contributed by atoms with Crippen molar-refractivity contribution >= 4 is 0 Å². The maximum Gasteiger partial charge on any atom is 0.239 e. The van der Waals surface area contributed by atoms with E-state index in [4.69, 9.17) is 9.47 Å². The van der Waals surface area contributed by atoms with Crippen LogP contribution in [0.15, 0.2) is 25.7 Å². The second-order valence-electron chi connectivity index (χ2n) is 1.44. The maximum atomic E-state index is 4.90. The van der Waals surface area contributed by atoms with E-state index in [9.17, 15) is 0 Å². The minimum atomic E-state index is -0.222. The monoisotopic (exact) mass is 128 g/mol. The Morgan fingerprint density at radius 2 is 1.78 bits per heavy atom. The fourth-order valence-electron chi connectivity index (χ4n) is 0.439. The van der Waals surface area contributed by atoms with Gasteiger partial charge in [0.1, 0.15) is 0 Å². The molecule has 0 unspecified atom stereocenters. The molecule has 2 nitrogen and oxygen atoms in total. The highest BCUT2D eigenvalue weighted by atomic mass is 16.7. The van der Waals surface area contributed by atoms with Gasteiger partial charge in [0, 0.05) is 6.42 Å². The molecular weight excluding hydrogens is 116 g/mol. The molecule has 0 aliphatic heterocycles. The van der Waals surface area contributed by atoms with E-state index in [2.05, 4.69) is 13.2 Å². The van der Waals surface area contributed by atoms with Crippen LogP contribution in [0.3, 0.4) is 0 Å². The molecule has 0 aromatic carbocycles. The summed E-state index contributed by atoms with van der Waals surface area (Å²) in [5, 5.41) is 0. The predicted octanol–water partition coefficient (Wildman–Crippen LogP) is 2.04. The van der Waals surface area contributed by atoms with E-state index in [0.717, 1.165) is 6.42 Å². The molecule has 0 rings (SSSR count). The van der Waals surface area contributed by atoms with E-state index in [1.165, 1.54) is 12.5 Å². The Labute approximate surface area is 55.8 Å². The molecule has 0 saturated heterocycles. The van der Waals surface area contributed by atoms with Crippen molar-refractivity contribution in [3.8, 4) is 0 Å². The van der Waals surface area contributed by atoms with Gasteiger partial charge in [-0.15, -0.1) is 0 Å². The third-order valence-corrected chi connectivity index (χ3v) is 0.829. The largest absolute Gasteiger partial charge is 0.463 e. The van der Waals surface area contributed by atoms with Gasteiger partial charge in [-0.05, 0) is 0 Å². The van der Waals surface area contributed by atoms with Crippen molar-refractivity contribution in [3.63, 3.8) is 0 Å². The molecule has 0 aliphatic carbocycles. The second kappa shape index (κ2) is 5.22. The molecule has 0 aromatic rings. The van der Waals surface area contributed by atoms with Crippen LogP contribution in [0.1, 0.15) is 13.3 Å². The van der Waals surface area contributed by atoms with Gasteiger partial charge >= 0.3 is 0 Å². The van der Waals surface area contributed by atoms with Gasteiger partial charge in [-0.3, -0.25) is 0 Å². The van der Waals surface area contributed by atoms with Crippen molar-refractivity contribution in [3.05, 3.63) is 25.7 Å². The summed E-state index contributed by atoms with van der Waals surface area (Å²) in [6, 6.07) is 0. The number of rotatable bonds is 5. The average Bonchev–Trinajstić information content (AvgIpc) is 1.88. The first-order valence-electron chi connectivity index (χ1n) is 2.87. The zero-order valence-corrected chi connectivity index (χ0v) is 5.67. The number of ether oxygens (including phenoxy) is 2. The quantitative estimate of drug-likeness (QED) is 0.416. The molecule has 0 aliphatic rings. The summed E-state index contributed by atoms with van der Waals surface area (Å²) in [6.45, 7) is 8.74. The lowest BCUT2D eigenvalue weighted by Crippen LogP contribution is -2.08. The molecular formula is C7H12O2. The van der Waals surface area contributed by atoms with Gasteiger partial charge in [0.15, 0.2) is 0 Å². The Balaban J connectivity index is 3.39. The van der Waals surface area contributed by atoms with Gasteiger partial charge in [0.2, 0.25) is 6.29 Å². The Morgan fingerprint density at radius 3 is 2.00 bits per heavy atom. The summed E-state index contributed by atoms with van der Waals surface area (Å²) < 4.78 is 9.80. The molecule has 0 saturated carbocycles. The van der Waals surface area contributed by atoms with Crippen LogP contribution in [-0.4, -0.2) is 6.29 Å². The van der Waals surface area contributed by atoms with Crippen LogP contribution in [0.2, 0.25) is 0 Å². The molecule has 0 spiro atoms. The minimum absolute atomic E-state index is 0.222. The van der Waals surface area contributed by atoms with Crippen molar-refractivity contribution in [2.24, 2.45) is 0 Å². The van der Waals surface area contributed by atoms with Crippen molar-refractivity contribution < 1.29 is 9.47 Å². The molecule has 0 N–H and O–H groups in total. The highest BCUT2D eigenvalue weighted by Crippen LogP contribution is 1.99. The lowest BCUT2D eigenvalue weighted by Gasteiger charge is -2.12. The van der Waals surface area contributed by atoms with E-state index in [-0.39, 0.29) is 6.29 Å². The Morgan fingerprint density at radius 1 is 1.33 bits per heavy atom. The summed E-state index contributed by atoms with van der Waals surface area (Å²) in [5.74, 6) is 0. The molecule has 2 heteroatoms. The lowest BCUT2D eigenvalue weighted by molar-refractivity contribution is -0.0618. The zero-order valence-electron chi connectivity index (χ0n) is 5.67. The van der Waals surface area contributed by atoms with Gasteiger partial charge < -0.3 is 9.47 Å². The van der Waals surface area contributed by atoms with Crippen LogP contribution in [0.25, 0.3) is 0 Å². The molecule has 0 fully saturated rings. The highest BCUT2D eigenvalue weighted by molar-refractivity contribution is 4.56. The van der Waals surface area contributed by atoms with Crippen LogP contribution in [0, 0.1) is 0 Å². The summed E-state index contributed by atoms with van der Waals surface area (Å²) in [7, 11) is 0. The first kappa shape index (κ1) is 8.08. The van der Waals surface area contributed by atoms with Crippen LogP contribution >= 0.6 is 0 Å². The Bertz CT molecular complexity index is 78.9. The van der Waals surface area contributed by atoms with Crippen LogP contribution in [0.4, 0.5) is 0 Å². The third-order valence-electron chi connectivity index (χ3n) is 0.829. The molecule has 0 aromatic heterocycles. The van der Waals surface area contributed by atoms with Crippen LogP contribution < -0.4 is 0 Å². The maximum absolute atomic E-state index is 4.90. The van der Waals surface area contributed by atoms with E-state index >= 15 is 0 Å². The Hall–Kier alpha value is -0.920. The van der Waals surface area contributed by atoms with Crippen molar-refractivity contribution in [2.45, 2.75) is 19.6 Å². The molecule has 0 amide bonds. The van der Waals surface area contributed by atoms with Crippen molar-refractivity contribution in [2.75, 3.05) is 0 Å². The van der Waals surface area contributed by atoms with Gasteiger partial charge in [-0.25, -0.2) is 0 Å². The topological polar surface area (TPSA) is 18.5 Å². The lowest BCUT2D eigenvalue weighted by atomic mass is 10.5. The molecule has 0 radical (unpaired) electrons. The molecule has 52 valence electrons. The van der Waals surface area contributed by atoms with Crippen molar-refractivity contribution in [1.29, 1.82) is 0 Å². The standard InChI is InChI=1S/C7H12O2/c1-4-7(8-5-2)9-6-3/h5-7H,2-4H2,1H3. The number of hydrogen-bond acceptors (Lipinski definition) is 2. The fraction of sp³-hybridized carbons (Fsp3) is 0.429. The Kier molecular flexibility index (Phi) is 4.69. The normalized spacial score (nSPS) is 8.67. The van der Waals surface area contributed by atoms with E-state index < -0.39 is 0 Å². The van der Waals surface area contributed by atoms with Gasteiger partial charge in [-0.1, -0.05) is 20.1 Å². The molecule has 9 heavy (non-hydrogen) atoms. The van der Waals surface area contributed by atoms with E-state index in [1.54, 1.807) is 0 Å². The van der Waals surface area contributed by atoms with E-state index in [1.807, 2.05) is 6.92 Å². The number of hydrogen-bond donors (Lipinski definition) is 0. The van der Waals surface area contributed by atoms with Gasteiger partial charge in [0.05, 0.1) is 12.5 Å². The fourth-order valence-corrected chi connectivity index (χ4v) is 0.439. The SMILES string of the molecule is C=COC(CC)OC=C.